The molecule has 0 saturated carbocycles. The molecule has 130 valence electrons. The molecule has 0 fully saturated rings. The molecule has 0 unspecified atom stereocenters. The Kier molecular flexibility index (Phi) is 5.18. The standard InChI is InChI=1S/C19H19F2N3S/c1-12(2)24-19(25-17-10-15(20)9-16(21)11-17)18(13(3)23-24)8-14-4-6-22-7-5-14/h4-7,9-12H,8H2,1-3H3. The van der Waals surface area contributed by atoms with Crippen molar-refractivity contribution >= 4 is 11.8 Å². The fourth-order valence-electron chi connectivity index (χ4n) is 2.63. The first kappa shape index (κ1) is 17.6. The van der Waals surface area contributed by atoms with Crippen LogP contribution < -0.4 is 0 Å². The molecule has 0 N–H and O–H groups in total. The third kappa shape index (κ3) is 4.07. The molecule has 3 rings (SSSR count). The maximum absolute atomic E-state index is 13.6. The Labute approximate surface area is 150 Å². The van der Waals surface area contributed by atoms with Gasteiger partial charge in [0.25, 0.3) is 0 Å². The molecule has 1 aromatic carbocycles. The van der Waals surface area contributed by atoms with Crippen molar-refractivity contribution in [1.29, 1.82) is 0 Å². The van der Waals surface area contributed by atoms with E-state index in [1.165, 1.54) is 23.9 Å². The Balaban J connectivity index is 2.03. The maximum Gasteiger partial charge on any atom is 0.127 e. The molecule has 0 spiro atoms. The van der Waals surface area contributed by atoms with E-state index in [1.54, 1.807) is 12.4 Å². The lowest BCUT2D eigenvalue weighted by atomic mass is 10.1. The van der Waals surface area contributed by atoms with Crippen LogP contribution in [-0.4, -0.2) is 14.8 Å². The van der Waals surface area contributed by atoms with Crippen LogP contribution in [0.3, 0.4) is 0 Å². The smallest absolute Gasteiger partial charge is 0.127 e. The molecule has 3 aromatic rings. The van der Waals surface area contributed by atoms with Crippen molar-refractivity contribution in [3.05, 3.63) is 71.2 Å². The predicted molar refractivity (Wildman–Crippen MR) is 94.9 cm³/mol. The molecule has 0 amide bonds. The van der Waals surface area contributed by atoms with Gasteiger partial charge in [0.1, 0.15) is 16.7 Å². The van der Waals surface area contributed by atoms with Crippen LogP contribution in [0, 0.1) is 18.6 Å². The number of benzene rings is 1. The highest BCUT2D eigenvalue weighted by molar-refractivity contribution is 7.99. The zero-order chi connectivity index (χ0) is 18.0. The second-order valence-electron chi connectivity index (χ2n) is 6.15. The summed E-state index contributed by atoms with van der Waals surface area (Å²) in [6, 6.07) is 7.64. The molecule has 2 heterocycles. The third-order valence-electron chi connectivity index (χ3n) is 3.83. The summed E-state index contributed by atoms with van der Waals surface area (Å²) in [7, 11) is 0. The van der Waals surface area contributed by atoms with E-state index in [9.17, 15) is 8.78 Å². The molecular formula is C19H19F2N3S. The van der Waals surface area contributed by atoms with Gasteiger partial charge in [0, 0.05) is 41.4 Å². The number of hydrogen-bond acceptors (Lipinski definition) is 3. The van der Waals surface area contributed by atoms with E-state index in [-0.39, 0.29) is 6.04 Å². The minimum atomic E-state index is -0.578. The van der Waals surface area contributed by atoms with Crippen LogP contribution in [-0.2, 0) is 6.42 Å². The summed E-state index contributed by atoms with van der Waals surface area (Å²) in [5, 5.41) is 5.55. The van der Waals surface area contributed by atoms with Gasteiger partial charge in [-0.3, -0.25) is 9.67 Å². The number of pyridine rings is 1. The largest absolute Gasteiger partial charge is 0.265 e. The van der Waals surface area contributed by atoms with Crippen molar-refractivity contribution in [3.63, 3.8) is 0 Å². The highest BCUT2D eigenvalue weighted by atomic mass is 32.2. The maximum atomic E-state index is 13.6. The van der Waals surface area contributed by atoms with E-state index in [0.29, 0.717) is 11.3 Å². The van der Waals surface area contributed by atoms with Gasteiger partial charge in [-0.1, -0.05) is 11.8 Å². The SMILES string of the molecule is Cc1nn(C(C)C)c(Sc2cc(F)cc(F)c2)c1Cc1ccncc1. The van der Waals surface area contributed by atoms with Crippen LogP contribution in [0.5, 0.6) is 0 Å². The number of nitrogens with zero attached hydrogens (tertiary/aromatic N) is 3. The molecule has 3 nitrogen and oxygen atoms in total. The summed E-state index contributed by atoms with van der Waals surface area (Å²) in [5.41, 5.74) is 3.10. The highest BCUT2D eigenvalue weighted by Crippen LogP contribution is 2.35. The van der Waals surface area contributed by atoms with E-state index in [1.807, 2.05) is 37.6 Å². The Morgan fingerprint density at radius 1 is 1.08 bits per heavy atom. The average Bonchev–Trinajstić information content (AvgIpc) is 2.84. The Morgan fingerprint density at radius 3 is 2.32 bits per heavy atom. The number of aryl methyl sites for hydroxylation is 1. The quantitative estimate of drug-likeness (QED) is 0.628. The highest BCUT2D eigenvalue weighted by Gasteiger charge is 2.19. The van der Waals surface area contributed by atoms with Gasteiger partial charge in [0.15, 0.2) is 0 Å². The first-order chi connectivity index (χ1) is 11.9. The molecule has 2 aromatic heterocycles. The van der Waals surface area contributed by atoms with E-state index in [0.717, 1.165) is 27.9 Å². The van der Waals surface area contributed by atoms with Gasteiger partial charge >= 0.3 is 0 Å². The van der Waals surface area contributed by atoms with Crippen LogP contribution in [0.15, 0.2) is 52.6 Å². The summed E-state index contributed by atoms with van der Waals surface area (Å²) >= 11 is 1.34. The lowest BCUT2D eigenvalue weighted by Crippen LogP contribution is -2.05. The van der Waals surface area contributed by atoms with Gasteiger partial charge in [-0.25, -0.2) is 8.78 Å². The van der Waals surface area contributed by atoms with Crippen molar-refractivity contribution < 1.29 is 8.78 Å². The number of halogens is 2. The molecule has 6 heteroatoms. The fourth-order valence-corrected chi connectivity index (χ4v) is 3.88. The Bertz CT molecular complexity index is 856. The Morgan fingerprint density at radius 2 is 1.72 bits per heavy atom. The van der Waals surface area contributed by atoms with Crippen molar-refractivity contribution in [1.82, 2.24) is 14.8 Å². The van der Waals surface area contributed by atoms with Crippen LogP contribution in [0.25, 0.3) is 0 Å². The van der Waals surface area contributed by atoms with E-state index in [4.69, 9.17) is 0 Å². The second kappa shape index (κ2) is 7.35. The molecule has 0 aliphatic heterocycles. The summed E-state index contributed by atoms with van der Waals surface area (Å²) in [5.74, 6) is -1.16. The molecule has 0 aliphatic carbocycles. The molecule has 0 saturated heterocycles. The molecular weight excluding hydrogens is 340 g/mol. The van der Waals surface area contributed by atoms with E-state index >= 15 is 0 Å². The molecule has 0 atom stereocenters. The van der Waals surface area contributed by atoms with Crippen LogP contribution in [0.2, 0.25) is 0 Å². The minimum absolute atomic E-state index is 0.144. The zero-order valence-electron chi connectivity index (χ0n) is 14.3. The zero-order valence-corrected chi connectivity index (χ0v) is 15.1. The van der Waals surface area contributed by atoms with Crippen molar-refractivity contribution in [2.24, 2.45) is 0 Å². The van der Waals surface area contributed by atoms with Gasteiger partial charge in [0.2, 0.25) is 0 Å². The summed E-state index contributed by atoms with van der Waals surface area (Å²) < 4.78 is 29.0. The van der Waals surface area contributed by atoms with Gasteiger partial charge in [-0.15, -0.1) is 0 Å². The Hall–Kier alpha value is -2.21. The predicted octanol–water partition coefficient (Wildman–Crippen LogP) is 5.19. The topological polar surface area (TPSA) is 30.7 Å². The van der Waals surface area contributed by atoms with Gasteiger partial charge < -0.3 is 0 Å². The molecule has 25 heavy (non-hydrogen) atoms. The van der Waals surface area contributed by atoms with Gasteiger partial charge in [-0.05, 0) is 50.6 Å². The van der Waals surface area contributed by atoms with Crippen molar-refractivity contribution in [2.45, 2.75) is 43.2 Å². The summed E-state index contributed by atoms with van der Waals surface area (Å²) in [6.45, 7) is 6.05. The van der Waals surface area contributed by atoms with Gasteiger partial charge in [0.05, 0.1) is 5.69 Å². The van der Waals surface area contributed by atoms with Crippen LogP contribution in [0.4, 0.5) is 8.78 Å². The first-order valence-electron chi connectivity index (χ1n) is 8.05. The molecule has 0 bridgehead atoms. The third-order valence-corrected chi connectivity index (χ3v) is 4.93. The number of hydrogen-bond donors (Lipinski definition) is 0. The first-order valence-corrected chi connectivity index (χ1v) is 8.86. The fraction of sp³-hybridized carbons (Fsp3) is 0.263. The normalized spacial score (nSPS) is 11.3. The lowest BCUT2D eigenvalue weighted by Gasteiger charge is -2.12. The number of aromatic nitrogens is 3. The molecule has 0 radical (unpaired) electrons. The van der Waals surface area contributed by atoms with Crippen molar-refractivity contribution in [2.75, 3.05) is 0 Å². The molecule has 0 aliphatic rings. The van der Waals surface area contributed by atoms with Crippen LogP contribution >= 0.6 is 11.8 Å². The monoisotopic (exact) mass is 359 g/mol. The summed E-state index contributed by atoms with van der Waals surface area (Å²) in [6.07, 6.45) is 4.21. The van der Waals surface area contributed by atoms with E-state index in [2.05, 4.69) is 10.1 Å². The number of rotatable bonds is 5. The van der Waals surface area contributed by atoms with E-state index < -0.39 is 11.6 Å². The minimum Gasteiger partial charge on any atom is -0.265 e. The van der Waals surface area contributed by atoms with Gasteiger partial charge in [-0.2, -0.15) is 5.10 Å². The average molecular weight is 359 g/mol. The van der Waals surface area contributed by atoms with Crippen molar-refractivity contribution in [3.8, 4) is 0 Å². The van der Waals surface area contributed by atoms with Crippen LogP contribution in [0.1, 0.15) is 36.7 Å². The lowest BCUT2D eigenvalue weighted by molar-refractivity contribution is 0.489. The summed E-state index contributed by atoms with van der Waals surface area (Å²) in [4.78, 5) is 4.57. The second-order valence-corrected chi connectivity index (χ2v) is 7.21.